The average molecular weight is 483 g/mol. The minimum absolute atomic E-state index is 0.0126. The van der Waals surface area contributed by atoms with Gasteiger partial charge in [-0.25, -0.2) is 22.8 Å². The molecule has 1 unspecified atom stereocenters. The van der Waals surface area contributed by atoms with Gasteiger partial charge >= 0.3 is 0 Å². The van der Waals surface area contributed by atoms with Crippen molar-refractivity contribution in [1.82, 2.24) is 9.97 Å². The Kier molecular flexibility index (Phi) is 7.71. The Morgan fingerprint density at radius 1 is 1.13 bits per heavy atom. The fraction of sp³-hybridized carbons (Fsp3) is 0.200. The lowest BCUT2D eigenvalue weighted by molar-refractivity contribution is 0.281. The van der Waals surface area contributed by atoms with E-state index in [4.69, 9.17) is 11.6 Å². The Bertz CT molecular complexity index is 1150. The Morgan fingerprint density at radius 3 is 2.52 bits per heavy atom. The van der Waals surface area contributed by atoms with Gasteiger partial charge in [0.2, 0.25) is 0 Å². The van der Waals surface area contributed by atoms with E-state index in [0.29, 0.717) is 16.7 Å². The van der Waals surface area contributed by atoms with Crippen molar-refractivity contribution in [3.05, 3.63) is 71.0 Å². The van der Waals surface area contributed by atoms with Gasteiger partial charge in [-0.05, 0) is 30.7 Å². The SMILES string of the molecule is CC(CO)Nc1cc(NS(=O)(=O)c2ccc(F)cc2Cl)nc(SCc2ccccc2)n1. The normalized spacial score (nSPS) is 12.4. The molecule has 0 spiro atoms. The molecule has 0 aliphatic carbocycles. The lowest BCUT2D eigenvalue weighted by atomic mass is 10.2. The van der Waals surface area contributed by atoms with E-state index in [1.807, 2.05) is 30.3 Å². The zero-order valence-corrected chi connectivity index (χ0v) is 18.8. The maximum Gasteiger partial charge on any atom is 0.264 e. The maximum atomic E-state index is 13.3. The molecule has 3 rings (SSSR count). The molecule has 0 amide bonds. The largest absolute Gasteiger partial charge is 0.394 e. The fourth-order valence-corrected chi connectivity index (χ4v) is 4.86. The molecule has 0 saturated carbocycles. The smallest absolute Gasteiger partial charge is 0.264 e. The van der Waals surface area contributed by atoms with E-state index in [9.17, 15) is 17.9 Å². The third-order valence-corrected chi connectivity index (χ3v) is 6.76. The summed E-state index contributed by atoms with van der Waals surface area (Å²) < 4.78 is 41.2. The Balaban J connectivity index is 1.89. The van der Waals surface area contributed by atoms with Crippen LogP contribution in [0.4, 0.5) is 16.0 Å². The average Bonchev–Trinajstić information content (AvgIpc) is 2.72. The van der Waals surface area contributed by atoms with Crippen LogP contribution in [0.2, 0.25) is 5.02 Å². The Labute approximate surface area is 189 Å². The van der Waals surface area contributed by atoms with Crippen LogP contribution in [0.1, 0.15) is 12.5 Å². The molecule has 1 heterocycles. The van der Waals surface area contributed by atoms with Crippen molar-refractivity contribution in [3.8, 4) is 0 Å². The van der Waals surface area contributed by atoms with Crippen LogP contribution in [-0.4, -0.2) is 36.1 Å². The van der Waals surface area contributed by atoms with Crippen molar-refractivity contribution in [2.24, 2.45) is 0 Å². The van der Waals surface area contributed by atoms with E-state index >= 15 is 0 Å². The molecule has 0 aliphatic rings. The van der Waals surface area contributed by atoms with Gasteiger partial charge in [-0.1, -0.05) is 53.7 Å². The van der Waals surface area contributed by atoms with Crippen molar-refractivity contribution >= 4 is 45.0 Å². The van der Waals surface area contributed by atoms with Crippen LogP contribution in [0.25, 0.3) is 0 Å². The number of sulfonamides is 1. The molecule has 164 valence electrons. The van der Waals surface area contributed by atoms with Crippen LogP contribution in [0.5, 0.6) is 0 Å². The van der Waals surface area contributed by atoms with Crippen LogP contribution in [-0.2, 0) is 15.8 Å². The summed E-state index contributed by atoms with van der Waals surface area (Å²) >= 11 is 7.24. The number of nitrogens with zero attached hydrogens (tertiary/aromatic N) is 2. The zero-order chi connectivity index (χ0) is 22.4. The van der Waals surface area contributed by atoms with E-state index in [1.165, 1.54) is 17.8 Å². The summed E-state index contributed by atoms with van der Waals surface area (Å²) in [5, 5.41) is 12.4. The Hall–Kier alpha value is -2.40. The number of halogens is 2. The molecule has 0 radical (unpaired) electrons. The van der Waals surface area contributed by atoms with Gasteiger partial charge in [0.25, 0.3) is 10.0 Å². The van der Waals surface area contributed by atoms with Gasteiger partial charge in [0, 0.05) is 17.9 Å². The lowest BCUT2D eigenvalue weighted by Crippen LogP contribution is -2.21. The minimum Gasteiger partial charge on any atom is -0.394 e. The van der Waals surface area contributed by atoms with Crippen LogP contribution in [0.15, 0.2) is 64.6 Å². The molecular weight excluding hydrogens is 463 g/mol. The topological polar surface area (TPSA) is 104 Å². The number of rotatable bonds is 9. The molecule has 0 bridgehead atoms. The van der Waals surface area contributed by atoms with Crippen molar-refractivity contribution < 1.29 is 17.9 Å². The first-order chi connectivity index (χ1) is 14.8. The first kappa shape index (κ1) is 23.3. The van der Waals surface area contributed by atoms with Gasteiger partial charge in [-0.15, -0.1) is 0 Å². The molecule has 3 N–H and O–H groups in total. The predicted octanol–water partition coefficient (Wildman–Crippen LogP) is 4.15. The molecule has 0 aliphatic heterocycles. The number of anilines is 2. The summed E-state index contributed by atoms with van der Waals surface area (Å²) in [6.07, 6.45) is 0. The lowest BCUT2D eigenvalue weighted by Gasteiger charge is -2.15. The number of hydrogen-bond acceptors (Lipinski definition) is 7. The summed E-state index contributed by atoms with van der Waals surface area (Å²) in [5.74, 6) is 0.291. The van der Waals surface area contributed by atoms with Gasteiger partial charge in [0.1, 0.15) is 22.3 Å². The molecule has 1 atom stereocenters. The summed E-state index contributed by atoms with van der Waals surface area (Å²) in [6, 6.07) is 13.8. The number of hydrogen-bond donors (Lipinski definition) is 3. The van der Waals surface area contributed by atoms with Crippen LogP contribution in [0, 0.1) is 5.82 Å². The predicted molar refractivity (Wildman–Crippen MR) is 120 cm³/mol. The van der Waals surface area contributed by atoms with E-state index in [-0.39, 0.29) is 28.4 Å². The van der Waals surface area contributed by atoms with Crippen molar-refractivity contribution in [2.75, 3.05) is 16.6 Å². The second-order valence-corrected chi connectivity index (χ2v) is 9.60. The third-order valence-electron chi connectivity index (χ3n) is 4.01. The quantitative estimate of drug-likeness (QED) is 0.311. The van der Waals surface area contributed by atoms with Crippen molar-refractivity contribution in [2.45, 2.75) is 28.8 Å². The summed E-state index contributed by atoms with van der Waals surface area (Å²) in [4.78, 5) is 8.40. The van der Waals surface area contributed by atoms with E-state index < -0.39 is 15.8 Å². The number of aromatic nitrogens is 2. The molecule has 31 heavy (non-hydrogen) atoms. The second-order valence-electron chi connectivity index (χ2n) is 6.60. The van der Waals surface area contributed by atoms with Crippen LogP contribution >= 0.6 is 23.4 Å². The summed E-state index contributed by atoms with van der Waals surface area (Å²) in [5.41, 5.74) is 1.05. The molecule has 0 saturated heterocycles. The molecule has 2 aromatic carbocycles. The molecular formula is C20H20ClFN4O3S2. The first-order valence-electron chi connectivity index (χ1n) is 9.18. The standard InChI is InChI=1S/C20H20ClFN4O3S2/c1-13(11-27)23-18-10-19(25-20(24-18)30-12-14-5-3-2-4-6-14)26-31(28,29)17-8-7-15(22)9-16(17)21/h2-10,13,27H,11-12H2,1H3,(H2,23,24,25,26). The molecule has 11 heteroatoms. The van der Waals surface area contributed by atoms with Crippen molar-refractivity contribution in [1.29, 1.82) is 0 Å². The second kappa shape index (κ2) is 10.3. The molecule has 1 aromatic heterocycles. The fourth-order valence-electron chi connectivity index (χ4n) is 2.52. The number of benzene rings is 2. The van der Waals surface area contributed by atoms with Crippen LogP contribution in [0.3, 0.4) is 0 Å². The summed E-state index contributed by atoms with van der Waals surface area (Å²) in [7, 11) is -4.12. The van der Waals surface area contributed by atoms with E-state index in [1.54, 1.807) is 6.92 Å². The minimum atomic E-state index is -4.12. The maximum absolute atomic E-state index is 13.3. The van der Waals surface area contributed by atoms with E-state index in [0.717, 1.165) is 23.8 Å². The molecule has 7 nitrogen and oxygen atoms in total. The van der Waals surface area contributed by atoms with Gasteiger partial charge in [0.05, 0.1) is 11.6 Å². The molecule has 0 fully saturated rings. The Morgan fingerprint density at radius 2 is 1.84 bits per heavy atom. The van der Waals surface area contributed by atoms with Crippen molar-refractivity contribution in [3.63, 3.8) is 0 Å². The number of aliphatic hydroxyl groups excluding tert-OH is 1. The van der Waals surface area contributed by atoms with E-state index in [2.05, 4.69) is 20.0 Å². The monoisotopic (exact) mass is 482 g/mol. The number of nitrogens with one attached hydrogen (secondary N) is 2. The summed E-state index contributed by atoms with van der Waals surface area (Å²) in [6.45, 7) is 1.61. The number of thioether (sulfide) groups is 1. The zero-order valence-electron chi connectivity index (χ0n) is 16.4. The highest BCUT2D eigenvalue weighted by molar-refractivity contribution is 7.98. The highest BCUT2D eigenvalue weighted by Crippen LogP contribution is 2.27. The first-order valence-corrected chi connectivity index (χ1v) is 12.0. The third kappa shape index (κ3) is 6.54. The highest BCUT2D eigenvalue weighted by atomic mass is 35.5. The van der Waals surface area contributed by atoms with Crippen LogP contribution < -0.4 is 10.0 Å². The molecule has 3 aromatic rings. The highest BCUT2D eigenvalue weighted by Gasteiger charge is 2.20. The van der Waals surface area contributed by atoms with Gasteiger partial charge in [-0.2, -0.15) is 0 Å². The van der Waals surface area contributed by atoms with Gasteiger partial charge in [-0.3, -0.25) is 4.72 Å². The van der Waals surface area contributed by atoms with Gasteiger partial charge in [0.15, 0.2) is 5.16 Å². The number of aliphatic hydroxyl groups is 1. The van der Waals surface area contributed by atoms with Gasteiger partial charge < -0.3 is 10.4 Å².